The number of rotatable bonds is 1. The number of thiazole rings is 1. The van der Waals surface area contributed by atoms with Crippen LogP contribution in [0.25, 0.3) is 0 Å². The van der Waals surface area contributed by atoms with Gasteiger partial charge in [-0.25, -0.2) is 4.98 Å². The first-order valence-electron chi connectivity index (χ1n) is 6.87. The van der Waals surface area contributed by atoms with Gasteiger partial charge in [-0.2, -0.15) is 0 Å². The molecule has 3 rings (SSSR count). The summed E-state index contributed by atoms with van der Waals surface area (Å²) in [6.45, 7) is 7.03. The number of aromatic nitrogens is 1. The minimum absolute atomic E-state index is 0.310. The normalized spacial score (nSPS) is 27.8. The molecule has 0 radical (unpaired) electrons. The van der Waals surface area contributed by atoms with Gasteiger partial charge < -0.3 is 5.32 Å². The maximum atomic E-state index is 5.01. The Morgan fingerprint density at radius 1 is 1.35 bits per heavy atom. The first-order valence-corrected chi connectivity index (χ1v) is 7.69. The topological polar surface area (TPSA) is 24.9 Å². The third-order valence-electron chi connectivity index (χ3n) is 4.21. The standard InChI is InChI=1S/C14H22N2S/c1-14(2)7-3-6-11-12(14)16-13(17-11)10-5-4-8-15-9-10/h10,15H,3-9H2,1-2H3. The summed E-state index contributed by atoms with van der Waals surface area (Å²) in [5, 5.41) is 4.90. The van der Waals surface area contributed by atoms with Gasteiger partial charge in [0.05, 0.1) is 10.7 Å². The zero-order chi connectivity index (χ0) is 11.9. The van der Waals surface area contributed by atoms with E-state index in [0.717, 1.165) is 6.54 Å². The first kappa shape index (κ1) is 11.7. The van der Waals surface area contributed by atoms with E-state index in [9.17, 15) is 0 Å². The Hall–Kier alpha value is -0.410. The summed E-state index contributed by atoms with van der Waals surface area (Å²) in [6.07, 6.45) is 6.52. The summed E-state index contributed by atoms with van der Waals surface area (Å²) >= 11 is 1.99. The van der Waals surface area contributed by atoms with E-state index in [1.54, 1.807) is 4.88 Å². The molecule has 0 spiro atoms. The van der Waals surface area contributed by atoms with Gasteiger partial charge in [-0.15, -0.1) is 11.3 Å². The van der Waals surface area contributed by atoms with Crippen molar-refractivity contribution in [2.75, 3.05) is 13.1 Å². The molecule has 1 fully saturated rings. The van der Waals surface area contributed by atoms with Gasteiger partial charge in [0.2, 0.25) is 0 Å². The van der Waals surface area contributed by atoms with E-state index in [2.05, 4.69) is 19.2 Å². The zero-order valence-electron chi connectivity index (χ0n) is 10.9. The molecule has 1 aliphatic carbocycles. The molecule has 2 nitrogen and oxygen atoms in total. The molecule has 3 heteroatoms. The van der Waals surface area contributed by atoms with Crippen LogP contribution in [0.2, 0.25) is 0 Å². The average Bonchev–Trinajstić information content (AvgIpc) is 2.75. The molecule has 1 saturated heterocycles. The second kappa shape index (κ2) is 4.36. The van der Waals surface area contributed by atoms with Crippen LogP contribution in [-0.2, 0) is 11.8 Å². The zero-order valence-corrected chi connectivity index (χ0v) is 11.7. The van der Waals surface area contributed by atoms with Gasteiger partial charge in [0.15, 0.2) is 0 Å². The van der Waals surface area contributed by atoms with E-state index in [1.165, 1.54) is 49.4 Å². The summed E-state index contributed by atoms with van der Waals surface area (Å²) in [5.74, 6) is 0.676. The van der Waals surface area contributed by atoms with Crippen molar-refractivity contribution in [3.63, 3.8) is 0 Å². The summed E-state index contributed by atoms with van der Waals surface area (Å²) in [7, 11) is 0. The number of piperidine rings is 1. The Labute approximate surface area is 108 Å². The van der Waals surface area contributed by atoms with E-state index in [-0.39, 0.29) is 0 Å². The lowest BCUT2D eigenvalue weighted by molar-refractivity contribution is 0.418. The number of hydrogen-bond acceptors (Lipinski definition) is 3. The third kappa shape index (κ3) is 2.15. The highest BCUT2D eigenvalue weighted by molar-refractivity contribution is 7.11. The van der Waals surface area contributed by atoms with Crippen LogP contribution in [0.15, 0.2) is 0 Å². The molecule has 1 aromatic heterocycles. The quantitative estimate of drug-likeness (QED) is 0.828. The Bertz CT molecular complexity index is 402. The van der Waals surface area contributed by atoms with Crippen LogP contribution in [-0.4, -0.2) is 18.1 Å². The van der Waals surface area contributed by atoms with Crippen molar-refractivity contribution in [3.05, 3.63) is 15.6 Å². The van der Waals surface area contributed by atoms with E-state index in [0.29, 0.717) is 11.3 Å². The molecule has 2 heterocycles. The van der Waals surface area contributed by atoms with Crippen LogP contribution in [0.3, 0.4) is 0 Å². The summed E-state index contributed by atoms with van der Waals surface area (Å²) in [6, 6.07) is 0. The Kier molecular flexibility index (Phi) is 2.99. The lowest BCUT2D eigenvalue weighted by Gasteiger charge is -2.28. The van der Waals surface area contributed by atoms with Gasteiger partial charge >= 0.3 is 0 Å². The fourth-order valence-electron chi connectivity index (χ4n) is 3.11. The molecular weight excluding hydrogens is 228 g/mol. The summed E-state index contributed by atoms with van der Waals surface area (Å²) in [5.41, 5.74) is 1.72. The molecule has 2 aliphatic rings. The monoisotopic (exact) mass is 250 g/mol. The van der Waals surface area contributed by atoms with Crippen molar-refractivity contribution in [1.29, 1.82) is 0 Å². The highest BCUT2D eigenvalue weighted by atomic mass is 32.1. The lowest BCUT2D eigenvalue weighted by Crippen LogP contribution is -2.28. The largest absolute Gasteiger partial charge is 0.316 e. The van der Waals surface area contributed by atoms with Crippen LogP contribution < -0.4 is 5.32 Å². The fraction of sp³-hybridized carbons (Fsp3) is 0.786. The minimum Gasteiger partial charge on any atom is -0.316 e. The second-order valence-corrected chi connectivity index (χ2v) is 7.22. The van der Waals surface area contributed by atoms with Gasteiger partial charge in [-0.3, -0.25) is 0 Å². The second-order valence-electron chi connectivity index (χ2n) is 6.10. The van der Waals surface area contributed by atoms with Gasteiger partial charge in [0.25, 0.3) is 0 Å². The van der Waals surface area contributed by atoms with Crippen LogP contribution in [0.1, 0.15) is 61.0 Å². The Morgan fingerprint density at radius 2 is 2.24 bits per heavy atom. The van der Waals surface area contributed by atoms with E-state index >= 15 is 0 Å². The molecule has 17 heavy (non-hydrogen) atoms. The van der Waals surface area contributed by atoms with Crippen molar-refractivity contribution in [1.82, 2.24) is 10.3 Å². The maximum absolute atomic E-state index is 5.01. The maximum Gasteiger partial charge on any atom is 0.0974 e. The Morgan fingerprint density at radius 3 is 2.94 bits per heavy atom. The third-order valence-corrected chi connectivity index (χ3v) is 5.48. The molecule has 1 unspecified atom stereocenters. The Balaban J connectivity index is 1.90. The molecule has 0 aromatic carbocycles. The minimum atomic E-state index is 0.310. The molecule has 1 N–H and O–H groups in total. The SMILES string of the molecule is CC1(C)CCCc2sc(C3CCCNC3)nc21. The van der Waals surface area contributed by atoms with E-state index in [4.69, 9.17) is 4.98 Å². The molecular formula is C14H22N2S. The summed E-state index contributed by atoms with van der Waals surface area (Å²) in [4.78, 5) is 6.58. The summed E-state index contributed by atoms with van der Waals surface area (Å²) < 4.78 is 0. The highest BCUT2D eigenvalue weighted by Gasteiger charge is 2.32. The van der Waals surface area contributed by atoms with Gasteiger partial charge in [-0.1, -0.05) is 13.8 Å². The predicted molar refractivity (Wildman–Crippen MR) is 72.9 cm³/mol. The van der Waals surface area contributed by atoms with Gasteiger partial charge in [-0.05, 0) is 38.6 Å². The molecule has 1 aromatic rings. The molecule has 94 valence electrons. The van der Waals surface area contributed by atoms with Crippen LogP contribution >= 0.6 is 11.3 Å². The first-order chi connectivity index (χ1) is 8.17. The van der Waals surface area contributed by atoms with Crippen molar-refractivity contribution >= 4 is 11.3 Å². The number of hydrogen-bond donors (Lipinski definition) is 1. The number of aryl methyl sites for hydroxylation is 1. The van der Waals surface area contributed by atoms with Crippen molar-refractivity contribution in [2.45, 2.75) is 57.3 Å². The van der Waals surface area contributed by atoms with E-state index in [1.807, 2.05) is 11.3 Å². The van der Waals surface area contributed by atoms with Crippen molar-refractivity contribution < 1.29 is 0 Å². The molecule has 0 saturated carbocycles. The van der Waals surface area contributed by atoms with Gasteiger partial charge in [0.1, 0.15) is 0 Å². The number of nitrogens with one attached hydrogen (secondary N) is 1. The number of nitrogens with zero attached hydrogens (tertiary/aromatic N) is 1. The molecule has 0 amide bonds. The van der Waals surface area contributed by atoms with Gasteiger partial charge in [0, 0.05) is 22.8 Å². The molecule has 1 atom stereocenters. The van der Waals surface area contributed by atoms with E-state index < -0.39 is 0 Å². The van der Waals surface area contributed by atoms with Crippen molar-refractivity contribution in [3.8, 4) is 0 Å². The smallest absolute Gasteiger partial charge is 0.0974 e. The number of fused-ring (bicyclic) bond motifs is 1. The predicted octanol–water partition coefficient (Wildman–Crippen LogP) is 3.22. The lowest BCUT2D eigenvalue weighted by atomic mass is 9.79. The van der Waals surface area contributed by atoms with Crippen molar-refractivity contribution in [2.24, 2.45) is 0 Å². The molecule has 1 aliphatic heterocycles. The average molecular weight is 250 g/mol. The molecule has 0 bridgehead atoms. The van der Waals surface area contributed by atoms with Crippen LogP contribution in [0.4, 0.5) is 0 Å². The van der Waals surface area contributed by atoms with Crippen LogP contribution in [0.5, 0.6) is 0 Å². The highest BCUT2D eigenvalue weighted by Crippen LogP contribution is 2.41. The fourth-order valence-corrected chi connectivity index (χ4v) is 4.54. The van der Waals surface area contributed by atoms with Crippen LogP contribution in [0, 0.1) is 0 Å².